The number of benzene rings is 11. The molecule has 366 valence electrons. The van der Waals surface area contributed by atoms with Gasteiger partial charge in [-0.15, -0.1) is 0 Å². The van der Waals surface area contributed by atoms with Gasteiger partial charge in [0.25, 0.3) is 0 Å². The van der Waals surface area contributed by atoms with E-state index in [4.69, 9.17) is 0 Å². The lowest BCUT2D eigenvalue weighted by molar-refractivity contribution is 0.590. The second-order valence-electron chi connectivity index (χ2n) is 23.4. The molecule has 0 aliphatic carbocycles. The molecule has 3 nitrogen and oxygen atoms in total. The van der Waals surface area contributed by atoms with Crippen molar-refractivity contribution in [1.82, 2.24) is 4.48 Å². The lowest BCUT2D eigenvalue weighted by Crippen LogP contribution is -2.56. The van der Waals surface area contributed by atoms with Crippen LogP contribution in [0.1, 0.15) is 63.8 Å². The number of hydrogen-bond donors (Lipinski definition) is 0. The van der Waals surface area contributed by atoms with Crippen LogP contribution in [-0.4, -0.2) is 11.3 Å². The van der Waals surface area contributed by atoms with Crippen LogP contribution in [0, 0.1) is 13.8 Å². The van der Waals surface area contributed by atoms with E-state index in [1.54, 1.807) is 0 Å². The summed E-state index contributed by atoms with van der Waals surface area (Å²) in [6.07, 6.45) is 0. The summed E-state index contributed by atoms with van der Waals surface area (Å²) in [4.78, 5) is 5.10. The van der Waals surface area contributed by atoms with E-state index in [2.05, 4.69) is 288 Å². The summed E-state index contributed by atoms with van der Waals surface area (Å²) in [5, 5.41) is 7.81. The molecule has 0 atom stereocenters. The van der Waals surface area contributed by atoms with Gasteiger partial charge in [0, 0.05) is 61.5 Å². The average Bonchev–Trinajstić information content (AvgIpc) is 3.96. The maximum absolute atomic E-state index is 2.75. The monoisotopic (exact) mass is 977 g/mol. The first kappa shape index (κ1) is 46.0. The molecule has 11 aromatic carbocycles. The Hall–Kier alpha value is -8.60. The van der Waals surface area contributed by atoms with Crippen LogP contribution in [0.25, 0.3) is 76.7 Å². The lowest BCUT2D eigenvalue weighted by atomic mass is 9.44. The minimum atomic E-state index is -0.151. The second-order valence-corrected chi connectivity index (χ2v) is 23.4. The third-order valence-electron chi connectivity index (χ3n) is 16.8. The molecule has 0 spiro atoms. The molecule has 76 heavy (non-hydrogen) atoms. The smallest absolute Gasteiger partial charge is 0.333 e. The van der Waals surface area contributed by atoms with Crippen LogP contribution in [0.5, 0.6) is 0 Å². The molecule has 0 radical (unpaired) electrons. The third kappa shape index (κ3) is 7.11. The van der Waals surface area contributed by atoms with Gasteiger partial charge in [-0.25, -0.2) is 0 Å². The van der Waals surface area contributed by atoms with Gasteiger partial charge in [0.05, 0.1) is 0 Å². The first-order chi connectivity index (χ1) is 36.8. The molecule has 0 unspecified atom stereocenters. The number of anilines is 6. The Morgan fingerprint density at radius 1 is 0.382 bits per heavy atom. The van der Waals surface area contributed by atoms with Crippen LogP contribution in [0.4, 0.5) is 34.1 Å². The molecule has 0 bridgehead atoms. The summed E-state index contributed by atoms with van der Waals surface area (Å²) in [6, 6.07) is 82.5. The van der Waals surface area contributed by atoms with Crippen LogP contribution in [0.3, 0.4) is 0 Å². The predicted octanol–water partition coefficient (Wildman–Crippen LogP) is 18.5. The molecule has 12 aromatic rings. The molecule has 0 fully saturated rings. The number of nitrogens with zero attached hydrogens (tertiary/aromatic N) is 3. The largest absolute Gasteiger partial charge is 0.375 e. The van der Waals surface area contributed by atoms with Crippen LogP contribution < -0.4 is 20.7 Å². The number of fused-ring (bicyclic) bond motifs is 9. The average molecular weight is 978 g/mol. The summed E-state index contributed by atoms with van der Waals surface area (Å²) in [5.74, 6) is 0. The fourth-order valence-electron chi connectivity index (χ4n) is 12.8. The van der Waals surface area contributed by atoms with E-state index < -0.39 is 0 Å². The first-order valence-electron chi connectivity index (χ1n) is 27.0. The Labute approximate surface area is 447 Å². The Morgan fingerprint density at radius 3 is 1.47 bits per heavy atom. The molecule has 0 amide bonds. The van der Waals surface area contributed by atoms with E-state index in [0.29, 0.717) is 0 Å². The Morgan fingerprint density at radius 2 is 0.908 bits per heavy atom. The number of aromatic nitrogens is 1. The van der Waals surface area contributed by atoms with Gasteiger partial charge >= 0.3 is 6.85 Å². The Balaban J connectivity index is 1.19. The van der Waals surface area contributed by atoms with Crippen molar-refractivity contribution in [2.45, 2.75) is 66.2 Å². The molecular weight excluding hydrogens is 918 g/mol. The van der Waals surface area contributed by atoms with E-state index in [9.17, 15) is 0 Å². The molecule has 1 aromatic heterocycles. The van der Waals surface area contributed by atoms with Gasteiger partial charge < -0.3 is 14.3 Å². The molecule has 4 heteroatoms. The van der Waals surface area contributed by atoms with Crippen LogP contribution in [0.15, 0.2) is 218 Å². The second kappa shape index (κ2) is 17.0. The van der Waals surface area contributed by atoms with Gasteiger partial charge in [-0.3, -0.25) is 0 Å². The maximum Gasteiger partial charge on any atom is 0.333 e. The van der Waals surface area contributed by atoms with E-state index in [1.165, 1.54) is 121 Å². The van der Waals surface area contributed by atoms with Crippen LogP contribution in [0.2, 0.25) is 0 Å². The normalized spacial score (nSPS) is 12.9. The highest BCUT2D eigenvalue weighted by Crippen LogP contribution is 2.51. The molecule has 14 rings (SSSR count). The van der Waals surface area contributed by atoms with Crippen molar-refractivity contribution < 1.29 is 0 Å². The van der Waals surface area contributed by atoms with Crippen molar-refractivity contribution in [3.8, 4) is 33.4 Å². The molecular formula is C72H60BN3. The number of rotatable bonds is 6. The number of aryl methyl sites for hydroxylation is 2. The standard InChI is InChI=1S/C72H60BN3/c1-45-57-31-21-22-32-58(57)46(2)60-44-67-65(43-59(45)60)73-69-62(64-40-52(72(6,7)8)39-63-61-38-51(71(3,4)5)33-34-66(61)76(73)70(63)64)41-56(74(53-27-17-11-18-28-53)54-29-19-12-20-30-54)42-68(69)75(67)55-36-49(47-23-13-9-14-24-47)35-50(37-55)48-25-15-10-16-26-48/h9-44H,1-8H3. The van der Waals surface area contributed by atoms with E-state index in [0.717, 1.165) is 22.7 Å². The van der Waals surface area contributed by atoms with Gasteiger partial charge in [0.15, 0.2) is 0 Å². The Bertz CT molecular complexity index is 4220. The minimum Gasteiger partial charge on any atom is -0.375 e. The quantitative estimate of drug-likeness (QED) is 0.121. The molecule has 2 aliphatic rings. The van der Waals surface area contributed by atoms with E-state index in [1.807, 2.05) is 0 Å². The van der Waals surface area contributed by atoms with Crippen LogP contribution in [-0.2, 0) is 10.8 Å². The topological polar surface area (TPSA) is 11.4 Å². The van der Waals surface area contributed by atoms with E-state index >= 15 is 0 Å². The van der Waals surface area contributed by atoms with Gasteiger partial charge in [-0.1, -0.05) is 175 Å². The van der Waals surface area contributed by atoms with Gasteiger partial charge in [-0.05, 0) is 192 Å². The van der Waals surface area contributed by atoms with Crippen molar-refractivity contribution in [1.29, 1.82) is 0 Å². The number of hydrogen-bond acceptors (Lipinski definition) is 2. The zero-order valence-corrected chi connectivity index (χ0v) is 44.7. The summed E-state index contributed by atoms with van der Waals surface area (Å²) in [6.45, 7) is 18.6. The molecule has 0 saturated carbocycles. The Kier molecular flexibility index (Phi) is 10.3. The van der Waals surface area contributed by atoms with Crippen molar-refractivity contribution in [2.24, 2.45) is 0 Å². The van der Waals surface area contributed by atoms with Crippen LogP contribution >= 0.6 is 0 Å². The van der Waals surface area contributed by atoms with E-state index in [-0.39, 0.29) is 17.7 Å². The molecule has 0 saturated heterocycles. The highest BCUT2D eigenvalue weighted by Gasteiger charge is 2.44. The fraction of sp³-hybridized carbons (Fsp3) is 0.139. The molecule has 0 N–H and O–H groups in total. The summed E-state index contributed by atoms with van der Waals surface area (Å²) >= 11 is 0. The highest BCUT2D eigenvalue weighted by atomic mass is 15.2. The van der Waals surface area contributed by atoms with Crippen molar-refractivity contribution in [2.75, 3.05) is 9.80 Å². The lowest BCUT2D eigenvalue weighted by Gasteiger charge is -2.42. The van der Waals surface area contributed by atoms with Gasteiger partial charge in [0.2, 0.25) is 0 Å². The predicted molar refractivity (Wildman–Crippen MR) is 327 cm³/mol. The SMILES string of the molecule is Cc1c2ccccc2c(C)c2cc3c(cc12)B1c2c(cc(N(c4ccccc4)c4ccccc4)cc2N3c2cc(-c3ccccc3)cc(-c3ccccc3)c2)-c2cc(C(C)(C)C)cc3c4cc(C(C)(C)C)ccc4n1c23. The van der Waals surface area contributed by atoms with Gasteiger partial charge in [0.1, 0.15) is 0 Å². The molecule has 3 heterocycles. The van der Waals surface area contributed by atoms with Crippen molar-refractivity contribution in [3.63, 3.8) is 0 Å². The first-order valence-corrected chi connectivity index (χ1v) is 27.0. The molecule has 2 aliphatic heterocycles. The highest BCUT2D eigenvalue weighted by molar-refractivity contribution is 6.90. The van der Waals surface area contributed by atoms with Crippen molar-refractivity contribution >= 4 is 95.2 Å². The summed E-state index contributed by atoms with van der Waals surface area (Å²) in [5.41, 5.74) is 24.4. The minimum absolute atomic E-state index is 0.0292. The van der Waals surface area contributed by atoms with Gasteiger partial charge in [-0.2, -0.15) is 0 Å². The fourth-order valence-corrected chi connectivity index (χ4v) is 12.8. The summed E-state index contributed by atoms with van der Waals surface area (Å²) in [7, 11) is 0. The zero-order valence-electron chi connectivity index (χ0n) is 44.7. The number of para-hydroxylation sites is 2. The summed E-state index contributed by atoms with van der Waals surface area (Å²) < 4.78 is 2.75. The zero-order chi connectivity index (χ0) is 51.8. The van der Waals surface area contributed by atoms with Crippen molar-refractivity contribution in [3.05, 3.63) is 241 Å². The third-order valence-corrected chi connectivity index (χ3v) is 16.8. The maximum atomic E-state index is 2.75.